The number of hydrogen-bond acceptors (Lipinski definition) is 6. The van der Waals surface area contributed by atoms with E-state index in [1.807, 2.05) is 18.2 Å². The van der Waals surface area contributed by atoms with Crippen molar-refractivity contribution in [2.45, 2.75) is 13.0 Å². The SMILES string of the molecule is O=C(Cn1nnc(-c2cccc(F)c2)n1)NCCc1ccc2c(c1)OCCO2. The Bertz CT molecular complexity index is 991. The summed E-state index contributed by atoms with van der Waals surface area (Å²) in [4.78, 5) is 13.3. The number of carbonyl (C=O) groups excluding carboxylic acids is 1. The molecule has 0 saturated heterocycles. The van der Waals surface area contributed by atoms with Crippen molar-refractivity contribution in [3.63, 3.8) is 0 Å². The van der Waals surface area contributed by atoms with Crippen LogP contribution in [0, 0.1) is 5.82 Å². The zero-order chi connectivity index (χ0) is 19.3. The van der Waals surface area contributed by atoms with Crippen LogP contribution in [0.25, 0.3) is 11.4 Å². The van der Waals surface area contributed by atoms with E-state index >= 15 is 0 Å². The van der Waals surface area contributed by atoms with Gasteiger partial charge in [-0.1, -0.05) is 18.2 Å². The Morgan fingerprint density at radius 2 is 2.00 bits per heavy atom. The Morgan fingerprint density at radius 3 is 2.86 bits per heavy atom. The van der Waals surface area contributed by atoms with Crippen LogP contribution in [0.3, 0.4) is 0 Å². The highest BCUT2D eigenvalue weighted by atomic mass is 19.1. The van der Waals surface area contributed by atoms with Crippen molar-refractivity contribution in [2.75, 3.05) is 19.8 Å². The number of nitrogens with one attached hydrogen (secondary N) is 1. The van der Waals surface area contributed by atoms with E-state index in [-0.39, 0.29) is 24.1 Å². The van der Waals surface area contributed by atoms with Crippen LogP contribution >= 0.6 is 0 Å². The number of tetrazole rings is 1. The van der Waals surface area contributed by atoms with Crippen molar-refractivity contribution in [1.82, 2.24) is 25.5 Å². The van der Waals surface area contributed by atoms with E-state index in [4.69, 9.17) is 9.47 Å². The van der Waals surface area contributed by atoms with Crippen molar-refractivity contribution in [2.24, 2.45) is 0 Å². The van der Waals surface area contributed by atoms with Crippen LogP contribution in [0.4, 0.5) is 4.39 Å². The van der Waals surface area contributed by atoms with Gasteiger partial charge in [-0.25, -0.2) is 4.39 Å². The number of amides is 1. The van der Waals surface area contributed by atoms with Gasteiger partial charge >= 0.3 is 0 Å². The lowest BCUT2D eigenvalue weighted by atomic mass is 10.1. The first-order valence-corrected chi connectivity index (χ1v) is 8.86. The molecule has 1 aliphatic rings. The van der Waals surface area contributed by atoms with E-state index in [1.165, 1.54) is 16.9 Å². The molecule has 0 bridgehead atoms. The molecule has 2 aromatic carbocycles. The van der Waals surface area contributed by atoms with E-state index in [0.29, 0.717) is 31.7 Å². The molecule has 1 amide bonds. The summed E-state index contributed by atoms with van der Waals surface area (Å²) in [5, 5.41) is 14.6. The lowest BCUT2D eigenvalue weighted by molar-refractivity contribution is -0.122. The number of benzene rings is 2. The van der Waals surface area contributed by atoms with Gasteiger partial charge in [-0.15, -0.1) is 10.2 Å². The molecule has 0 atom stereocenters. The number of fused-ring (bicyclic) bond motifs is 1. The largest absolute Gasteiger partial charge is 0.486 e. The first kappa shape index (κ1) is 17.9. The second-order valence-corrected chi connectivity index (χ2v) is 6.23. The molecule has 28 heavy (non-hydrogen) atoms. The van der Waals surface area contributed by atoms with Gasteiger partial charge in [0.05, 0.1) is 0 Å². The number of halogens is 1. The Kier molecular flexibility index (Phi) is 5.14. The Hall–Kier alpha value is -3.49. The average Bonchev–Trinajstić information content (AvgIpc) is 3.16. The summed E-state index contributed by atoms with van der Waals surface area (Å²) < 4.78 is 24.3. The molecule has 9 heteroatoms. The fourth-order valence-electron chi connectivity index (χ4n) is 2.83. The number of aromatic nitrogens is 4. The fourth-order valence-corrected chi connectivity index (χ4v) is 2.83. The van der Waals surface area contributed by atoms with Gasteiger partial charge in [-0.3, -0.25) is 4.79 Å². The number of ether oxygens (including phenoxy) is 2. The zero-order valence-electron chi connectivity index (χ0n) is 15.0. The summed E-state index contributed by atoms with van der Waals surface area (Å²) in [6.45, 7) is 1.49. The lowest BCUT2D eigenvalue weighted by Gasteiger charge is -2.18. The summed E-state index contributed by atoms with van der Waals surface area (Å²) in [6, 6.07) is 11.6. The van der Waals surface area contributed by atoms with E-state index in [0.717, 1.165) is 17.1 Å². The first-order chi connectivity index (χ1) is 13.7. The predicted molar refractivity (Wildman–Crippen MR) is 97.4 cm³/mol. The molecule has 4 rings (SSSR count). The maximum absolute atomic E-state index is 13.3. The minimum Gasteiger partial charge on any atom is -0.486 e. The van der Waals surface area contributed by atoms with Crippen LogP contribution < -0.4 is 14.8 Å². The second kappa shape index (κ2) is 8.03. The van der Waals surface area contributed by atoms with E-state index in [1.54, 1.807) is 12.1 Å². The van der Waals surface area contributed by atoms with Crippen molar-refractivity contribution >= 4 is 5.91 Å². The molecule has 1 aromatic heterocycles. The molecule has 0 fully saturated rings. The quantitative estimate of drug-likeness (QED) is 0.695. The minimum atomic E-state index is -0.384. The summed E-state index contributed by atoms with van der Waals surface area (Å²) >= 11 is 0. The zero-order valence-corrected chi connectivity index (χ0v) is 15.0. The molecule has 8 nitrogen and oxygen atoms in total. The van der Waals surface area contributed by atoms with Gasteiger partial charge in [0.1, 0.15) is 25.6 Å². The molecule has 0 unspecified atom stereocenters. The standard InChI is InChI=1S/C19H18FN5O3/c20-15-3-1-2-14(11-15)19-22-24-25(23-19)12-18(26)21-7-6-13-4-5-16-17(10-13)28-9-8-27-16/h1-5,10-11H,6-9,12H2,(H,21,26). The topological polar surface area (TPSA) is 91.2 Å². The third-order valence-electron chi connectivity index (χ3n) is 4.16. The molecule has 0 spiro atoms. The summed E-state index contributed by atoms with van der Waals surface area (Å²) in [7, 11) is 0. The molecule has 1 aliphatic heterocycles. The van der Waals surface area contributed by atoms with E-state index < -0.39 is 0 Å². The molecule has 3 aromatic rings. The monoisotopic (exact) mass is 383 g/mol. The van der Waals surface area contributed by atoms with Crippen molar-refractivity contribution < 1.29 is 18.7 Å². The van der Waals surface area contributed by atoms with Crippen LogP contribution in [0.5, 0.6) is 11.5 Å². The van der Waals surface area contributed by atoms with Crippen molar-refractivity contribution in [3.8, 4) is 22.9 Å². The first-order valence-electron chi connectivity index (χ1n) is 8.86. The molecule has 1 N–H and O–H groups in total. The van der Waals surface area contributed by atoms with Crippen LogP contribution in [0.2, 0.25) is 0 Å². The van der Waals surface area contributed by atoms with Crippen LogP contribution in [0.15, 0.2) is 42.5 Å². The third-order valence-corrected chi connectivity index (χ3v) is 4.16. The Labute approximate surface area is 160 Å². The molecule has 0 radical (unpaired) electrons. The molecule has 2 heterocycles. The molecule has 0 saturated carbocycles. The summed E-state index contributed by atoms with van der Waals surface area (Å²) in [5.74, 6) is 1.12. The maximum Gasteiger partial charge on any atom is 0.243 e. The number of hydrogen-bond donors (Lipinski definition) is 1. The highest BCUT2D eigenvalue weighted by molar-refractivity contribution is 5.75. The maximum atomic E-state index is 13.3. The second-order valence-electron chi connectivity index (χ2n) is 6.23. The summed E-state index contributed by atoms with van der Waals surface area (Å²) in [5.41, 5.74) is 1.54. The van der Waals surface area contributed by atoms with Gasteiger partial charge in [-0.05, 0) is 41.5 Å². The van der Waals surface area contributed by atoms with E-state index in [2.05, 4.69) is 20.7 Å². The highest BCUT2D eigenvalue weighted by Gasteiger charge is 2.12. The van der Waals surface area contributed by atoms with Crippen LogP contribution in [-0.4, -0.2) is 45.9 Å². The Morgan fingerprint density at radius 1 is 1.14 bits per heavy atom. The van der Waals surface area contributed by atoms with Crippen molar-refractivity contribution in [3.05, 3.63) is 53.8 Å². The fraction of sp³-hybridized carbons (Fsp3) is 0.263. The number of rotatable bonds is 6. The minimum absolute atomic E-state index is 0.0660. The third kappa shape index (κ3) is 4.25. The smallest absolute Gasteiger partial charge is 0.243 e. The molecule has 0 aliphatic carbocycles. The van der Waals surface area contributed by atoms with Gasteiger partial charge in [-0.2, -0.15) is 4.80 Å². The molecular formula is C19H18FN5O3. The molecular weight excluding hydrogens is 365 g/mol. The summed E-state index contributed by atoms with van der Waals surface area (Å²) in [6.07, 6.45) is 0.654. The van der Waals surface area contributed by atoms with Gasteiger partial charge in [0.15, 0.2) is 11.5 Å². The van der Waals surface area contributed by atoms with Gasteiger partial charge in [0, 0.05) is 12.1 Å². The van der Waals surface area contributed by atoms with Gasteiger partial charge in [0.2, 0.25) is 11.7 Å². The number of carbonyl (C=O) groups is 1. The lowest BCUT2D eigenvalue weighted by Crippen LogP contribution is -2.30. The van der Waals surface area contributed by atoms with Crippen LogP contribution in [0.1, 0.15) is 5.56 Å². The van der Waals surface area contributed by atoms with Crippen LogP contribution in [-0.2, 0) is 17.8 Å². The number of nitrogens with zero attached hydrogens (tertiary/aromatic N) is 4. The predicted octanol–water partition coefficient (Wildman–Crippen LogP) is 1.61. The average molecular weight is 383 g/mol. The van der Waals surface area contributed by atoms with E-state index in [9.17, 15) is 9.18 Å². The van der Waals surface area contributed by atoms with Gasteiger partial charge in [0.25, 0.3) is 0 Å². The molecule has 144 valence electrons. The highest BCUT2D eigenvalue weighted by Crippen LogP contribution is 2.30. The van der Waals surface area contributed by atoms with Gasteiger partial charge < -0.3 is 14.8 Å². The normalized spacial score (nSPS) is 12.6. The Balaban J connectivity index is 1.28. The van der Waals surface area contributed by atoms with Crippen molar-refractivity contribution in [1.29, 1.82) is 0 Å².